The summed E-state index contributed by atoms with van der Waals surface area (Å²) in [6.45, 7) is 12.3. The summed E-state index contributed by atoms with van der Waals surface area (Å²) in [5.74, 6) is 1.13. The number of thioether (sulfide) groups is 1. The Morgan fingerprint density at radius 2 is 1.83 bits per heavy atom. The molecule has 0 spiro atoms. The molecule has 0 saturated carbocycles. The number of pyridine rings is 1. The van der Waals surface area contributed by atoms with Crippen molar-refractivity contribution in [3.05, 3.63) is 53.9 Å². The van der Waals surface area contributed by atoms with Crippen LogP contribution in [0.15, 0.2) is 47.9 Å². The molecule has 0 bridgehead atoms. The Balaban J connectivity index is 1.99. The highest BCUT2D eigenvalue weighted by Gasteiger charge is 2.23. The minimum atomic E-state index is 0.100. The highest BCUT2D eigenvalue weighted by atomic mass is 32.2. The zero-order chi connectivity index (χ0) is 21.8. The average Bonchev–Trinajstić information content (AvgIpc) is 3.10. The number of benzene rings is 1. The fourth-order valence-electron chi connectivity index (χ4n) is 3.69. The molecule has 0 saturated heterocycles. The minimum absolute atomic E-state index is 0.100. The summed E-state index contributed by atoms with van der Waals surface area (Å²) in [5, 5.41) is 9.57. The van der Waals surface area contributed by atoms with Gasteiger partial charge in [-0.3, -0.25) is 14.3 Å². The van der Waals surface area contributed by atoms with Crippen LogP contribution in [-0.4, -0.2) is 48.4 Å². The van der Waals surface area contributed by atoms with Crippen LogP contribution < -0.4 is 0 Å². The number of aryl methyl sites for hydroxylation is 2. The van der Waals surface area contributed by atoms with Crippen molar-refractivity contribution >= 4 is 17.7 Å². The first kappa shape index (κ1) is 22.0. The fourth-order valence-corrected chi connectivity index (χ4v) is 4.51. The van der Waals surface area contributed by atoms with Gasteiger partial charge < -0.3 is 4.90 Å². The molecule has 0 atom stereocenters. The number of hydrogen-bond acceptors (Lipinski definition) is 5. The van der Waals surface area contributed by atoms with E-state index in [-0.39, 0.29) is 18.0 Å². The van der Waals surface area contributed by atoms with Gasteiger partial charge in [0.25, 0.3) is 0 Å². The van der Waals surface area contributed by atoms with Gasteiger partial charge in [0.15, 0.2) is 11.0 Å². The summed E-state index contributed by atoms with van der Waals surface area (Å²) in [7, 11) is 0. The Morgan fingerprint density at radius 3 is 2.43 bits per heavy atom. The summed E-state index contributed by atoms with van der Waals surface area (Å²) in [5.41, 5.74) is 4.21. The molecular weight excluding hydrogens is 394 g/mol. The average molecular weight is 424 g/mol. The lowest BCUT2D eigenvalue weighted by Crippen LogP contribution is -2.43. The first-order valence-corrected chi connectivity index (χ1v) is 11.2. The van der Waals surface area contributed by atoms with Crippen molar-refractivity contribution in [1.29, 1.82) is 0 Å². The summed E-state index contributed by atoms with van der Waals surface area (Å²) in [6.07, 6.45) is 3.52. The van der Waals surface area contributed by atoms with E-state index in [1.165, 1.54) is 17.3 Å². The van der Waals surface area contributed by atoms with E-state index in [9.17, 15) is 4.79 Å². The minimum Gasteiger partial charge on any atom is -0.337 e. The van der Waals surface area contributed by atoms with Gasteiger partial charge in [-0.2, -0.15) is 0 Å². The molecule has 2 heterocycles. The van der Waals surface area contributed by atoms with E-state index in [1.807, 2.05) is 49.3 Å². The third kappa shape index (κ3) is 4.73. The highest BCUT2D eigenvalue weighted by Crippen LogP contribution is 2.30. The first-order valence-electron chi connectivity index (χ1n) is 10.2. The maximum Gasteiger partial charge on any atom is 0.233 e. The van der Waals surface area contributed by atoms with E-state index in [0.717, 1.165) is 22.6 Å². The molecular formula is C23H29N5OS. The van der Waals surface area contributed by atoms with Crippen molar-refractivity contribution in [2.45, 2.75) is 58.8 Å². The van der Waals surface area contributed by atoms with Gasteiger partial charge in [0, 0.05) is 30.0 Å². The normalized spacial score (nSPS) is 11.3. The monoisotopic (exact) mass is 423 g/mol. The van der Waals surface area contributed by atoms with Gasteiger partial charge in [-0.25, -0.2) is 0 Å². The molecule has 3 rings (SSSR count). The molecule has 0 fully saturated rings. The third-order valence-corrected chi connectivity index (χ3v) is 5.79. The molecule has 0 aliphatic rings. The van der Waals surface area contributed by atoms with Gasteiger partial charge >= 0.3 is 0 Å². The van der Waals surface area contributed by atoms with Crippen molar-refractivity contribution in [3.63, 3.8) is 0 Å². The maximum atomic E-state index is 12.9. The second-order valence-electron chi connectivity index (χ2n) is 7.95. The maximum absolute atomic E-state index is 12.9. The Morgan fingerprint density at radius 1 is 1.10 bits per heavy atom. The van der Waals surface area contributed by atoms with Gasteiger partial charge in [-0.15, -0.1) is 10.2 Å². The van der Waals surface area contributed by atoms with Crippen molar-refractivity contribution < 1.29 is 4.79 Å². The summed E-state index contributed by atoms with van der Waals surface area (Å²) in [6, 6.07) is 10.5. The van der Waals surface area contributed by atoms with Crippen LogP contribution >= 0.6 is 11.8 Å². The van der Waals surface area contributed by atoms with Crippen LogP contribution in [0.25, 0.3) is 17.1 Å². The molecule has 7 heteroatoms. The molecule has 30 heavy (non-hydrogen) atoms. The Labute approximate surface area is 182 Å². The van der Waals surface area contributed by atoms with Crippen LogP contribution in [-0.2, 0) is 4.79 Å². The molecule has 158 valence electrons. The van der Waals surface area contributed by atoms with Crippen molar-refractivity contribution in [3.8, 4) is 17.1 Å². The van der Waals surface area contributed by atoms with E-state index in [0.29, 0.717) is 10.9 Å². The van der Waals surface area contributed by atoms with Crippen molar-refractivity contribution in [2.75, 3.05) is 5.75 Å². The Kier molecular flexibility index (Phi) is 6.92. The van der Waals surface area contributed by atoms with Crippen LogP contribution in [0.1, 0.15) is 38.8 Å². The number of carbonyl (C=O) groups excluding carboxylic acids is 1. The number of hydrogen-bond donors (Lipinski definition) is 0. The molecule has 2 aromatic heterocycles. The summed E-state index contributed by atoms with van der Waals surface area (Å²) < 4.78 is 2.03. The molecule has 0 radical (unpaired) electrons. The van der Waals surface area contributed by atoms with Gasteiger partial charge in [-0.1, -0.05) is 29.5 Å². The van der Waals surface area contributed by atoms with Crippen LogP contribution in [0.5, 0.6) is 0 Å². The number of aromatic nitrogens is 4. The second-order valence-corrected chi connectivity index (χ2v) is 8.89. The lowest BCUT2D eigenvalue weighted by molar-refractivity contribution is -0.131. The molecule has 3 aromatic rings. The van der Waals surface area contributed by atoms with Gasteiger partial charge in [0.1, 0.15) is 0 Å². The van der Waals surface area contributed by atoms with E-state index in [4.69, 9.17) is 0 Å². The van der Waals surface area contributed by atoms with Gasteiger partial charge in [-0.05, 0) is 65.3 Å². The van der Waals surface area contributed by atoms with Crippen LogP contribution in [0.4, 0.5) is 0 Å². The van der Waals surface area contributed by atoms with E-state index < -0.39 is 0 Å². The number of nitrogens with zero attached hydrogens (tertiary/aromatic N) is 5. The van der Waals surface area contributed by atoms with Gasteiger partial charge in [0.2, 0.25) is 5.91 Å². The number of carbonyl (C=O) groups is 1. The Bertz CT molecular complexity index is 1010. The molecule has 1 amide bonds. The molecule has 0 aliphatic heterocycles. The SMILES string of the molecule is Cc1ccc(-n2c(SCC(=O)N(C(C)C)C(C)C)nnc2-c2cccnc2)c(C)c1. The third-order valence-electron chi connectivity index (χ3n) is 4.87. The van der Waals surface area contributed by atoms with E-state index >= 15 is 0 Å². The standard InChI is InChI=1S/C23H29N5OS/c1-15(2)27(16(3)4)21(29)14-30-23-26-25-22(19-8-7-11-24-13-19)28(23)20-10-9-17(5)12-18(20)6/h7-13,15-16H,14H2,1-6H3. The summed E-state index contributed by atoms with van der Waals surface area (Å²) in [4.78, 5) is 19.0. The largest absolute Gasteiger partial charge is 0.337 e. The van der Waals surface area contributed by atoms with Gasteiger partial charge in [0.05, 0.1) is 11.4 Å². The fraction of sp³-hybridized carbons (Fsp3) is 0.391. The second kappa shape index (κ2) is 9.43. The smallest absolute Gasteiger partial charge is 0.233 e. The number of amides is 1. The zero-order valence-electron chi connectivity index (χ0n) is 18.5. The van der Waals surface area contributed by atoms with Crippen molar-refractivity contribution in [1.82, 2.24) is 24.6 Å². The highest BCUT2D eigenvalue weighted by molar-refractivity contribution is 7.99. The van der Waals surface area contributed by atoms with Crippen LogP contribution in [0.3, 0.4) is 0 Å². The zero-order valence-corrected chi connectivity index (χ0v) is 19.3. The Hall–Kier alpha value is -2.67. The van der Waals surface area contributed by atoms with Crippen molar-refractivity contribution in [2.24, 2.45) is 0 Å². The molecule has 1 aromatic carbocycles. The topological polar surface area (TPSA) is 63.9 Å². The van der Waals surface area contributed by atoms with E-state index in [2.05, 4.69) is 47.2 Å². The number of rotatable bonds is 7. The van der Waals surface area contributed by atoms with Crippen LogP contribution in [0, 0.1) is 13.8 Å². The van der Waals surface area contributed by atoms with Crippen LogP contribution in [0.2, 0.25) is 0 Å². The molecule has 0 aliphatic carbocycles. The lowest BCUT2D eigenvalue weighted by Gasteiger charge is -2.30. The molecule has 0 N–H and O–H groups in total. The first-order chi connectivity index (χ1) is 14.3. The summed E-state index contributed by atoms with van der Waals surface area (Å²) >= 11 is 1.42. The lowest BCUT2D eigenvalue weighted by atomic mass is 10.1. The molecule has 6 nitrogen and oxygen atoms in total. The predicted molar refractivity (Wildman–Crippen MR) is 122 cm³/mol. The predicted octanol–water partition coefficient (Wildman–Crippen LogP) is 4.68. The van der Waals surface area contributed by atoms with E-state index in [1.54, 1.807) is 12.4 Å². The molecule has 0 unspecified atom stereocenters. The quantitative estimate of drug-likeness (QED) is 0.516.